The maximum atomic E-state index is 13.1. The maximum Gasteiger partial charge on any atom is 0.431 e. The van der Waals surface area contributed by atoms with Gasteiger partial charge >= 0.3 is 12.1 Å². The Hall–Kier alpha value is -2.91. The number of nitrogens with two attached hydrogens (primary N) is 1. The Morgan fingerprint density at radius 1 is 1.37 bits per heavy atom. The number of nitrogens with zero attached hydrogens (tertiary/aromatic N) is 3. The number of fused-ring (bicyclic) bond motifs is 1. The first-order valence-corrected chi connectivity index (χ1v) is 8.07. The van der Waals surface area contributed by atoms with Crippen molar-refractivity contribution >= 4 is 23.7 Å². The van der Waals surface area contributed by atoms with Crippen LogP contribution < -0.4 is 5.73 Å². The lowest BCUT2D eigenvalue weighted by Gasteiger charge is -2.33. The van der Waals surface area contributed by atoms with E-state index in [9.17, 15) is 18.0 Å². The third-order valence-electron chi connectivity index (χ3n) is 4.29. The molecule has 146 valence electrons. The number of carboxylic acid groups (broad SMARTS) is 1. The topological polar surface area (TPSA) is 115 Å². The Balaban J connectivity index is 2.63. The summed E-state index contributed by atoms with van der Waals surface area (Å²) in [5.41, 5.74) is 3.13. The van der Waals surface area contributed by atoms with Crippen LogP contribution in [0.3, 0.4) is 0 Å². The molecule has 0 bridgehead atoms. The number of aliphatic carboxylic acids is 1. The van der Waals surface area contributed by atoms with Crippen molar-refractivity contribution in [3.8, 4) is 0 Å². The molecular weight excluding hydrogens is 363 g/mol. The van der Waals surface area contributed by atoms with Crippen molar-refractivity contribution in [1.82, 2.24) is 4.90 Å². The molecule has 1 aliphatic carbocycles. The molecule has 0 spiro atoms. The molecule has 0 saturated heterocycles. The zero-order chi connectivity index (χ0) is 20.5. The number of alkyl halides is 3. The molecule has 27 heavy (non-hydrogen) atoms. The predicted octanol–water partition coefficient (Wildman–Crippen LogP) is 1.92. The van der Waals surface area contributed by atoms with Crippen LogP contribution >= 0.6 is 0 Å². The van der Waals surface area contributed by atoms with Crippen molar-refractivity contribution in [2.24, 2.45) is 15.7 Å². The van der Waals surface area contributed by atoms with Crippen LogP contribution in [-0.2, 0) is 4.79 Å². The van der Waals surface area contributed by atoms with E-state index in [0.717, 1.165) is 0 Å². The number of rotatable bonds is 4. The zero-order valence-electron chi connectivity index (χ0n) is 14.9. The van der Waals surface area contributed by atoms with Gasteiger partial charge in [-0.3, -0.25) is 9.98 Å². The molecule has 0 aromatic heterocycles. The highest BCUT2D eigenvalue weighted by Gasteiger charge is 2.38. The third kappa shape index (κ3) is 4.09. The molecule has 10 heteroatoms. The lowest BCUT2D eigenvalue weighted by Crippen LogP contribution is -2.45. The molecule has 0 saturated carbocycles. The van der Waals surface area contributed by atoms with Gasteiger partial charge in [-0.2, -0.15) is 13.2 Å². The van der Waals surface area contributed by atoms with E-state index in [1.807, 2.05) is 13.8 Å². The highest BCUT2D eigenvalue weighted by Crippen LogP contribution is 2.28. The number of allylic oxidation sites excluding steroid dienone is 1. The predicted molar refractivity (Wildman–Crippen MR) is 96.3 cm³/mol. The van der Waals surface area contributed by atoms with E-state index < -0.39 is 35.5 Å². The molecule has 1 aliphatic heterocycles. The molecular formula is C17H20F3N5O2. The van der Waals surface area contributed by atoms with E-state index >= 15 is 0 Å². The van der Waals surface area contributed by atoms with Crippen LogP contribution in [0.5, 0.6) is 0 Å². The zero-order valence-corrected chi connectivity index (χ0v) is 14.9. The first-order chi connectivity index (χ1) is 12.5. The normalized spacial score (nSPS) is 23.0. The highest BCUT2D eigenvalue weighted by atomic mass is 19.4. The van der Waals surface area contributed by atoms with Gasteiger partial charge in [-0.25, -0.2) is 4.79 Å². The standard InChI is InChI=1S/C17H20F3N5O2/c1-8(2)25(3)15-13(10(7-21)14(22)17(18,19)20)23-11-5-4-9(16(26)27)6-12(11)24-15/h4-8,11-12,21H,22H2,1-3H3,(H,26,27). The van der Waals surface area contributed by atoms with E-state index in [1.165, 1.54) is 18.2 Å². The Kier molecular flexibility index (Phi) is 5.57. The Morgan fingerprint density at radius 2 is 2.00 bits per heavy atom. The van der Waals surface area contributed by atoms with E-state index in [4.69, 9.17) is 16.2 Å². The number of carboxylic acids is 1. The monoisotopic (exact) mass is 383 g/mol. The minimum absolute atomic E-state index is 0.0304. The molecule has 2 unspecified atom stereocenters. The average Bonchev–Trinajstić information content (AvgIpc) is 2.59. The van der Waals surface area contributed by atoms with Gasteiger partial charge in [-0.15, -0.1) is 0 Å². The van der Waals surface area contributed by atoms with Crippen LogP contribution in [0.4, 0.5) is 13.2 Å². The first-order valence-electron chi connectivity index (χ1n) is 8.07. The molecule has 7 nitrogen and oxygen atoms in total. The van der Waals surface area contributed by atoms with E-state index in [-0.39, 0.29) is 23.2 Å². The van der Waals surface area contributed by atoms with Crippen LogP contribution in [0.2, 0.25) is 0 Å². The van der Waals surface area contributed by atoms with Crippen molar-refractivity contribution in [2.45, 2.75) is 38.1 Å². The van der Waals surface area contributed by atoms with Gasteiger partial charge in [0.25, 0.3) is 0 Å². The summed E-state index contributed by atoms with van der Waals surface area (Å²) in [6.07, 6.45) is -0.112. The molecule has 0 radical (unpaired) electrons. The number of hydrogen-bond donors (Lipinski definition) is 3. The number of carbonyl (C=O) groups is 1. The van der Waals surface area contributed by atoms with Crippen LogP contribution in [0.15, 0.2) is 45.1 Å². The second kappa shape index (κ2) is 7.37. The fourth-order valence-corrected chi connectivity index (χ4v) is 2.56. The number of amidine groups is 1. The lowest BCUT2D eigenvalue weighted by molar-refractivity contribution is -0.132. The lowest BCUT2D eigenvalue weighted by atomic mass is 9.95. The quantitative estimate of drug-likeness (QED) is 0.643. The van der Waals surface area contributed by atoms with E-state index in [1.54, 1.807) is 11.9 Å². The van der Waals surface area contributed by atoms with Gasteiger partial charge in [0.15, 0.2) is 5.84 Å². The molecule has 2 atom stereocenters. The molecule has 0 aromatic carbocycles. The Morgan fingerprint density at radius 3 is 2.48 bits per heavy atom. The van der Waals surface area contributed by atoms with Crippen molar-refractivity contribution in [3.05, 3.63) is 35.1 Å². The van der Waals surface area contributed by atoms with Crippen LogP contribution in [0.1, 0.15) is 13.8 Å². The number of hydrogen-bond acceptors (Lipinski definition) is 6. The van der Waals surface area contributed by atoms with Crippen molar-refractivity contribution in [3.63, 3.8) is 0 Å². The SMILES string of the molecule is CC(C)N(C)C1=NC2C=C(C(=O)O)C=CC2N=C1C(C=N)=C(N)C(F)(F)F. The van der Waals surface area contributed by atoms with Gasteiger partial charge in [0, 0.05) is 24.9 Å². The highest BCUT2D eigenvalue weighted by molar-refractivity contribution is 6.52. The van der Waals surface area contributed by atoms with Gasteiger partial charge in [0.05, 0.1) is 17.7 Å². The fourth-order valence-electron chi connectivity index (χ4n) is 2.56. The number of halogens is 3. The van der Waals surface area contributed by atoms with Gasteiger partial charge in [-0.1, -0.05) is 6.08 Å². The van der Waals surface area contributed by atoms with Gasteiger partial charge < -0.3 is 21.1 Å². The fraction of sp³-hybridized carbons (Fsp3) is 0.412. The molecule has 2 aliphatic rings. The molecule has 0 amide bonds. The summed E-state index contributed by atoms with van der Waals surface area (Å²) in [5.74, 6) is -1.01. The summed E-state index contributed by atoms with van der Waals surface area (Å²) in [6, 6.07) is -1.48. The largest absolute Gasteiger partial charge is 0.478 e. The van der Waals surface area contributed by atoms with Gasteiger partial charge in [0.2, 0.25) is 0 Å². The third-order valence-corrected chi connectivity index (χ3v) is 4.29. The summed E-state index contributed by atoms with van der Waals surface area (Å²) < 4.78 is 39.4. The van der Waals surface area contributed by atoms with Crippen molar-refractivity contribution in [1.29, 1.82) is 5.41 Å². The molecule has 1 heterocycles. The Bertz CT molecular complexity index is 806. The Labute approximate surface area is 154 Å². The molecule has 4 N–H and O–H groups in total. The second-order valence-electron chi connectivity index (χ2n) is 6.37. The van der Waals surface area contributed by atoms with Gasteiger partial charge in [-0.05, 0) is 26.0 Å². The number of nitrogens with one attached hydrogen (secondary N) is 1. The summed E-state index contributed by atoms with van der Waals surface area (Å²) in [7, 11) is 1.63. The maximum absolute atomic E-state index is 13.1. The summed E-state index contributed by atoms with van der Waals surface area (Å²) in [4.78, 5) is 21.5. The van der Waals surface area contributed by atoms with Crippen molar-refractivity contribution in [2.75, 3.05) is 7.05 Å². The minimum Gasteiger partial charge on any atom is -0.478 e. The van der Waals surface area contributed by atoms with Crippen LogP contribution in [-0.4, -0.2) is 65.1 Å². The summed E-state index contributed by atoms with van der Waals surface area (Å²) >= 11 is 0. The van der Waals surface area contributed by atoms with E-state index in [2.05, 4.69) is 9.98 Å². The first kappa shape index (κ1) is 20.4. The molecule has 2 rings (SSSR count). The molecule has 0 fully saturated rings. The average molecular weight is 383 g/mol. The number of aliphatic imine (C=N–C) groups is 2. The summed E-state index contributed by atoms with van der Waals surface area (Å²) in [6.45, 7) is 3.62. The molecule has 0 aromatic rings. The second-order valence-corrected chi connectivity index (χ2v) is 6.37. The minimum atomic E-state index is -4.83. The van der Waals surface area contributed by atoms with E-state index in [0.29, 0.717) is 6.21 Å². The smallest absolute Gasteiger partial charge is 0.431 e. The summed E-state index contributed by atoms with van der Waals surface area (Å²) in [5, 5.41) is 16.6. The van der Waals surface area contributed by atoms with Crippen molar-refractivity contribution < 1.29 is 23.1 Å². The van der Waals surface area contributed by atoms with Gasteiger partial charge in [0.1, 0.15) is 11.4 Å². The van der Waals surface area contributed by atoms with Crippen LogP contribution in [0.25, 0.3) is 0 Å². The van der Waals surface area contributed by atoms with Crippen LogP contribution in [0, 0.1) is 5.41 Å².